The monoisotopic (exact) mass is 284 g/mol. The molecule has 0 spiro atoms. The molecule has 0 aliphatic carbocycles. The third kappa shape index (κ3) is 2.75. The quantitative estimate of drug-likeness (QED) is 0.900. The first kappa shape index (κ1) is 13.6. The number of amides is 2. The summed E-state index contributed by atoms with van der Waals surface area (Å²) in [7, 11) is 0. The van der Waals surface area contributed by atoms with Gasteiger partial charge in [-0.1, -0.05) is 30.3 Å². The van der Waals surface area contributed by atoms with E-state index in [-0.39, 0.29) is 11.8 Å². The van der Waals surface area contributed by atoms with Crippen molar-refractivity contribution in [1.82, 2.24) is 5.32 Å². The number of carbonyl (C=O) groups is 1. The third-order valence-corrected chi connectivity index (χ3v) is 3.81. The van der Waals surface area contributed by atoms with Crippen molar-refractivity contribution >= 4 is 11.7 Å². The standard InChI is InChI=1S/C17H17FN2O/c1-12-6-7-13(10-15(12)18)11-19-17(21)20-9-8-14-4-2-3-5-16(14)20/h2-7,10H,8-9,11H2,1H3,(H,19,21). The first-order valence-corrected chi connectivity index (χ1v) is 7.03. The Hall–Kier alpha value is -2.36. The van der Waals surface area contributed by atoms with E-state index in [0.717, 1.165) is 17.7 Å². The van der Waals surface area contributed by atoms with Crippen LogP contribution in [0.1, 0.15) is 16.7 Å². The molecule has 0 aromatic heterocycles. The first-order valence-electron chi connectivity index (χ1n) is 7.03. The molecule has 0 radical (unpaired) electrons. The van der Waals surface area contributed by atoms with Gasteiger partial charge in [-0.05, 0) is 42.2 Å². The number of fused-ring (bicyclic) bond motifs is 1. The molecule has 2 aromatic rings. The third-order valence-electron chi connectivity index (χ3n) is 3.81. The molecule has 3 rings (SSSR count). The molecular weight excluding hydrogens is 267 g/mol. The van der Waals surface area contributed by atoms with E-state index >= 15 is 0 Å². The van der Waals surface area contributed by atoms with Gasteiger partial charge in [0.1, 0.15) is 5.82 Å². The minimum Gasteiger partial charge on any atom is -0.334 e. The summed E-state index contributed by atoms with van der Waals surface area (Å²) >= 11 is 0. The van der Waals surface area contributed by atoms with Crippen LogP contribution in [-0.4, -0.2) is 12.6 Å². The van der Waals surface area contributed by atoms with Gasteiger partial charge in [0, 0.05) is 18.8 Å². The molecule has 1 aliphatic rings. The average molecular weight is 284 g/mol. The second kappa shape index (κ2) is 5.56. The molecule has 0 atom stereocenters. The molecule has 21 heavy (non-hydrogen) atoms. The molecule has 3 nitrogen and oxygen atoms in total. The summed E-state index contributed by atoms with van der Waals surface area (Å²) in [6.45, 7) is 2.74. The van der Waals surface area contributed by atoms with Gasteiger partial charge >= 0.3 is 6.03 Å². The maximum absolute atomic E-state index is 13.5. The van der Waals surface area contributed by atoms with Crippen LogP contribution in [-0.2, 0) is 13.0 Å². The second-order valence-corrected chi connectivity index (χ2v) is 5.27. The Morgan fingerprint density at radius 2 is 2.10 bits per heavy atom. The van der Waals surface area contributed by atoms with Crippen molar-refractivity contribution in [1.29, 1.82) is 0 Å². The number of benzene rings is 2. The molecule has 0 saturated heterocycles. The molecule has 1 N–H and O–H groups in total. The Balaban J connectivity index is 1.66. The number of aryl methyl sites for hydroxylation is 1. The number of halogens is 1. The molecule has 2 aromatic carbocycles. The molecule has 0 fully saturated rings. The van der Waals surface area contributed by atoms with Crippen LogP contribution >= 0.6 is 0 Å². The van der Waals surface area contributed by atoms with E-state index in [4.69, 9.17) is 0 Å². The fourth-order valence-electron chi connectivity index (χ4n) is 2.57. The molecule has 1 aliphatic heterocycles. The lowest BCUT2D eigenvalue weighted by Gasteiger charge is -2.18. The number of para-hydroxylation sites is 1. The SMILES string of the molecule is Cc1ccc(CNC(=O)N2CCc3ccccc32)cc1F. The summed E-state index contributed by atoms with van der Waals surface area (Å²) < 4.78 is 13.5. The zero-order valence-corrected chi connectivity index (χ0v) is 11.9. The molecular formula is C17H17FN2O. The van der Waals surface area contributed by atoms with Gasteiger partial charge in [-0.25, -0.2) is 9.18 Å². The number of rotatable bonds is 2. The normalized spacial score (nSPS) is 13.1. The highest BCUT2D eigenvalue weighted by atomic mass is 19.1. The van der Waals surface area contributed by atoms with Gasteiger partial charge < -0.3 is 5.32 Å². The van der Waals surface area contributed by atoms with E-state index in [1.165, 1.54) is 11.6 Å². The second-order valence-electron chi connectivity index (χ2n) is 5.27. The van der Waals surface area contributed by atoms with Crippen molar-refractivity contribution in [2.45, 2.75) is 19.9 Å². The van der Waals surface area contributed by atoms with Crippen molar-refractivity contribution in [3.63, 3.8) is 0 Å². The number of anilines is 1. The molecule has 108 valence electrons. The minimum atomic E-state index is -0.242. The molecule has 4 heteroatoms. The van der Waals surface area contributed by atoms with Gasteiger partial charge in [0.25, 0.3) is 0 Å². The maximum atomic E-state index is 13.5. The lowest BCUT2D eigenvalue weighted by Crippen LogP contribution is -2.38. The fourth-order valence-corrected chi connectivity index (χ4v) is 2.57. The first-order chi connectivity index (χ1) is 10.1. The zero-order valence-electron chi connectivity index (χ0n) is 11.9. The Morgan fingerprint density at radius 1 is 1.29 bits per heavy atom. The van der Waals surface area contributed by atoms with E-state index < -0.39 is 0 Å². The fraction of sp³-hybridized carbons (Fsp3) is 0.235. The number of nitrogens with one attached hydrogen (secondary N) is 1. The highest BCUT2D eigenvalue weighted by Crippen LogP contribution is 2.27. The van der Waals surface area contributed by atoms with E-state index in [1.54, 1.807) is 17.9 Å². The predicted molar refractivity (Wildman–Crippen MR) is 80.9 cm³/mol. The number of urea groups is 1. The average Bonchev–Trinajstić information content (AvgIpc) is 2.92. The smallest absolute Gasteiger partial charge is 0.322 e. The number of carbonyl (C=O) groups excluding carboxylic acids is 1. The molecule has 2 amide bonds. The van der Waals surface area contributed by atoms with E-state index in [9.17, 15) is 9.18 Å². The van der Waals surface area contributed by atoms with Gasteiger partial charge in [-0.2, -0.15) is 0 Å². The largest absolute Gasteiger partial charge is 0.334 e. The molecule has 0 saturated carbocycles. The number of hydrogen-bond donors (Lipinski definition) is 1. The van der Waals surface area contributed by atoms with Gasteiger partial charge in [0.05, 0.1) is 0 Å². The van der Waals surface area contributed by atoms with Crippen molar-refractivity contribution in [2.24, 2.45) is 0 Å². The van der Waals surface area contributed by atoms with Crippen LogP contribution in [0.15, 0.2) is 42.5 Å². The van der Waals surface area contributed by atoms with Crippen molar-refractivity contribution in [2.75, 3.05) is 11.4 Å². The Bertz CT molecular complexity index is 684. The van der Waals surface area contributed by atoms with Crippen LogP contribution in [0.2, 0.25) is 0 Å². The van der Waals surface area contributed by atoms with Gasteiger partial charge in [-0.15, -0.1) is 0 Å². The topological polar surface area (TPSA) is 32.3 Å². The van der Waals surface area contributed by atoms with Crippen LogP contribution in [0.5, 0.6) is 0 Å². The Labute approximate surface area is 123 Å². The van der Waals surface area contributed by atoms with Crippen molar-refractivity contribution in [3.8, 4) is 0 Å². The molecule has 0 bridgehead atoms. The summed E-state index contributed by atoms with van der Waals surface area (Å²) in [6, 6.07) is 12.8. The lowest BCUT2D eigenvalue weighted by molar-refractivity contribution is 0.246. The highest BCUT2D eigenvalue weighted by molar-refractivity contribution is 5.94. The summed E-state index contributed by atoms with van der Waals surface area (Å²) in [5.41, 5.74) is 3.52. The van der Waals surface area contributed by atoms with Crippen LogP contribution in [0.25, 0.3) is 0 Å². The van der Waals surface area contributed by atoms with E-state index in [2.05, 4.69) is 5.32 Å². The van der Waals surface area contributed by atoms with Crippen molar-refractivity contribution in [3.05, 3.63) is 65.0 Å². The summed E-state index contributed by atoms with van der Waals surface area (Å²) in [6.07, 6.45) is 0.878. The van der Waals surface area contributed by atoms with Gasteiger partial charge in [0.15, 0.2) is 0 Å². The Morgan fingerprint density at radius 3 is 2.90 bits per heavy atom. The lowest BCUT2D eigenvalue weighted by atomic mass is 10.1. The number of hydrogen-bond acceptors (Lipinski definition) is 1. The van der Waals surface area contributed by atoms with Crippen LogP contribution in [0.3, 0.4) is 0 Å². The predicted octanol–water partition coefficient (Wildman–Crippen LogP) is 3.41. The summed E-state index contributed by atoms with van der Waals surface area (Å²) in [4.78, 5) is 14.0. The molecule has 1 heterocycles. The maximum Gasteiger partial charge on any atom is 0.322 e. The van der Waals surface area contributed by atoms with Crippen LogP contribution in [0.4, 0.5) is 14.9 Å². The number of nitrogens with zero attached hydrogens (tertiary/aromatic N) is 1. The van der Waals surface area contributed by atoms with Crippen molar-refractivity contribution < 1.29 is 9.18 Å². The highest BCUT2D eigenvalue weighted by Gasteiger charge is 2.23. The van der Waals surface area contributed by atoms with E-state index in [0.29, 0.717) is 18.7 Å². The van der Waals surface area contributed by atoms with Crippen LogP contribution in [0, 0.1) is 12.7 Å². The molecule has 0 unspecified atom stereocenters. The zero-order chi connectivity index (χ0) is 14.8. The van der Waals surface area contributed by atoms with Gasteiger partial charge in [-0.3, -0.25) is 4.90 Å². The van der Waals surface area contributed by atoms with Gasteiger partial charge in [0.2, 0.25) is 0 Å². The van der Waals surface area contributed by atoms with Crippen LogP contribution < -0.4 is 10.2 Å². The van der Waals surface area contributed by atoms with E-state index in [1.807, 2.05) is 30.3 Å². The summed E-state index contributed by atoms with van der Waals surface area (Å²) in [5.74, 6) is -0.242. The summed E-state index contributed by atoms with van der Waals surface area (Å²) in [5, 5.41) is 2.85. The Kier molecular flexibility index (Phi) is 3.60. The minimum absolute atomic E-state index is 0.138.